The first-order valence-corrected chi connectivity index (χ1v) is 8.25. The molecule has 0 radical (unpaired) electrons. The molecule has 21 heavy (non-hydrogen) atoms. The van der Waals surface area contributed by atoms with Crippen LogP contribution in [0.4, 0.5) is 0 Å². The zero-order valence-electron chi connectivity index (χ0n) is 12.8. The van der Waals surface area contributed by atoms with Gasteiger partial charge in [0.15, 0.2) is 0 Å². The van der Waals surface area contributed by atoms with Gasteiger partial charge < -0.3 is 0 Å². The molecule has 5 nitrogen and oxygen atoms in total. The highest BCUT2D eigenvalue weighted by Crippen LogP contribution is 2.19. The van der Waals surface area contributed by atoms with Crippen molar-refractivity contribution in [1.29, 1.82) is 0 Å². The Labute approximate surface area is 126 Å². The van der Waals surface area contributed by atoms with Gasteiger partial charge in [0.05, 0.1) is 5.52 Å². The van der Waals surface area contributed by atoms with Crippen LogP contribution in [0, 0.1) is 0 Å². The van der Waals surface area contributed by atoms with Crippen molar-refractivity contribution >= 4 is 21.1 Å². The number of para-hydroxylation sites is 1. The second kappa shape index (κ2) is 6.09. The molecule has 0 fully saturated rings. The topological polar surface area (TPSA) is 53.5 Å². The number of rotatable bonds is 5. The molecule has 0 N–H and O–H groups in total. The Morgan fingerprint density at radius 1 is 1.14 bits per heavy atom. The Bertz CT molecular complexity index is 723. The largest absolute Gasteiger partial charge is 0.282 e. The Balaban J connectivity index is 2.32. The van der Waals surface area contributed by atoms with Crippen LogP contribution in [0.1, 0.15) is 19.4 Å². The number of aromatic nitrogens is 1. The average molecular weight is 307 g/mol. The number of nitrogens with zero attached hydrogens (tertiary/aromatic N) is 3. The maximum atomic E-state index is 12.4. The van der Waals surface area contributed by atoms with E-state index < -0.39 is 10.2 Å². The summed E-state index contributed by atoms with van der Waals surface area (Å²) in [6.45, 7) is 4.00. The molecule has 1 aromatic carbocycles. The van der Waals surface area contributed by atoms with Crippen molar-refractivity contribution in [2.75, 3.05) is 14.1 Å². The van der Waals surface area contributed by atoms with Gasteiger partial charge in [0.2, 0.25) is 0 Å². The molecule has 0 atom stereocenters. The molecule has 1 aromatic heterocycles. The standard InChI is InChI=1S/C15H21N3O2S/c1-12(2)18(4)21(19,20)17(3)11-14-8-5-7-13-9-6-10-16-15(13)14/h5-10,12H,11H2,1-4H3. The van der Waals surface area contributed by atoms with E-state index >= 15 is 0 Å². The van der Waals surface area contributed by atoms with E-state index in [9.17, 15) is 8.42 Å². The molecule has 2 aromatic rings. The lowest BCUT2D eigenvalue weighted by molar-refractivity contribution is 0.356. The van der Waals surface area contributed by atoms with Gasteiger partial charge in [0.25, 0.3) is 10.2 Å². The SMILES string of the molecule is CC(C)N(C)S(=O)(=O)N(C)Cc1cccc2cccnc12. The zero-order chi connectivity index (χ0) is 15.6. The molecular formula is C15H21N3O2S. The molecular weight excluding hydrogens is 286 g/mol. The molecule has 1 heterocycles. The normalized spacial score (nSPS) is 12.7. The van der Waals surface area contributed by atoms with Crippen LogP contribution in [0.5, 0.6) is 0 Å². The van der Waals surface area contributed by atoms with Gasteiger partial charge >= 0.3 is 0 Å². The highest BCUT2D eigenvalue weighted by molar-refractivity contribution is 7.86. The monoisotopic (exact) mass is 307 g/mol. The summed E-state index contributed by atoms with van der Waals surface area (Å²) < 4.78 is 27.6. The maximum absolute atomic E-state index is 12.4. The van der Waals surface area contributed by atoms with E-state index in [0.717, 1.165) is 16.5 Å². The zero-order valence-corrected chi connectivity index (χ0v) is 13.6. The smallest absolute Gasteiger partial charge is 0.256 e. The van der Waals surface area contributed by atoms with Crippen LogP contribution in [0.25, 0.3) is 10.9 Å². The lowest BCUT2D eigenvalue weighted by Crippen LogP contribution is -2.42. The van der Waals surface area contributed by atoms with E-state index in [1.165, 1.54) is 8.61 Å². The van der Waals surface area contributed by atoms with E-state index in [2.05, 4.69) is 4.98 Å². The van der Waals surface area contributed by atoms with Crippen LogP contribution >= 0.6 is 0 Å². The van der Waals surface area contributed by atoms with Crippen LogP contribution < -0.4 is 0 Å². The van der Waals surface area contributed by atoms with Gasteiger partial charge in [0, 0.05) is 38.3 Å². The summed E-state index contributed by atoms with van der Waals surface area (Å²) in [6, 6.07) is 9.58. The van der Waals surface area contributed by atoms with E-state index in [0.29, 0.717) is 6.54 Å². The van der Waals surface area contributed by atoms with E-state index in [-0.39, 0.29) is 6.04 Å². The minimum atomic E-state index is -3.47. The molecule has 2 rings (SSSR count). The van der Waals surface area contributed by atoms with Crippen LogP contribution in [-0.2, 0) is 16.8 Å². The fourth-order valence-corrected chi connectivity index (χ4v) is 3.38. The van der Waals surface area contributed by atoms with Gasteiger partial charge in [-0.1, -0.05) is 24.3 Å². The predicted molar refractivity (Wildman–Crippen MR) is 85.0 cm³/mol. The summed E-state index contributed by atoms with van der Waals surface area (Å²) in [4.78, 5) is 4.36. The second-order valence-corrected chi connectivity index (χ2v) is 7.46. The van der Waals surface area contributed by atoms with Crippen molar-refractivity contribution in [3.05, 3.63) is 42.1 Å². The molecule has 0 unspecified atom stereocenters. The minimum absolute atomic E-state index is 0.0805. The molecule has 0 saturated heterocycles. The van der Waals surface area contributed by atoms with Crippen LogP contribution in [0.3, 0.4) is 0 Å². The molecule has 0 saturated carbocycles. The third-order valence-corrected chi connectivity index (χ3v) is 5.66. The average Bonchev–Trinajstić information content (AvgIpc) is 2.46. The second-order valence-electron chi connectivity index (χ2n) is 5.37. The first-order valence-electron chi connectivity index (χ1n) is 6.86. The third-order valence-electron chi connectivity index (χ3n) is 3.59. The molecule has 0 amide bonds. The number of benzene rings is 1. The van der Waals surface area contributed by atoms with E-state index in [1.807, 2.05) is 44.2 Å². The maximum Gasteiger partial charge on any atom is 0.282 e. The van der Waals surface area contributed by atoms with Gasteiger partial charge in [-0.15, -0.1) is 0 Å². The van der Waals surface area contributed by atoms with Gasteiger partial charge in [-0.25, -0.2) is 0 Å². The highest BCUT2D eigenvalue weighted by atomic mass is 32.2. The van der Waals surface area contributed by atoms with Gasteiger partial charge in [-0.05, 0) is 25.5 Å². The number of pyridine rings is 1. The van der Waals surface area contributed by atoms with Crippen LogP contribution in [0.15, 0.2) is 36.5 Å². The summed E-state index contributed by atoms with van der Waals surface area (Å²) in [6.07, 6.45) is 1.72. The Morgan fingerprint density at radius 2 is 1.81 bits per heavy atom. The van der Waals surface area contributed by atoms with Crippen LogP contribution in [-0.4, -0.2) is 42.1 Å². The van der Waals surface area contributed by atoms with Crippen molar-refractivity contribution < 1.29 is 8.42 Å². The number of hydrogen-bond acceptors (Lipinski definition) is 3. The summed E-state index contributed by atoms with van der Waals surface area (Å²) in [5, 5.41) is 1.01. The first kappa shape index (κ1) is 15.9. The fraction of sp³-hybridized carbons (Fsp3) is 0.400. The predicted octanol–water partition coefficient (Wildman–Crippen LogP) is 2.25. The van der Waals surface area contributed by atoms with Crippen molar-refractivity contribution in [1.82, 2.24) is 13.6 Å². The van der Waals surface area contributed by atoms with E-state index in [1.54, 1.807) is 20.3 Å². The molecule has 0 spiro atoms. The Morgan fingerprint density at radius 3 is 2.48 bits per heavy atom. The molecule has 114 valence electrons. The van der Waals surface area contributed by atoms with Crippen LogP contribution in [0.2, 0.25) is 0 Å². The molecule has 0 aliphatic rings. The molecule has 0 bridgehead atoms. The fourth-order valence-electron chi connectivity index (χ4n) is 2.10. The number of hydrogen-bond donors (Lipinski definition) is 0. The van der Waals surface area contributed by atoms with Crippen molar-refractivity contribution in [3.8, 4) is 0 Å². The molecule has 0 aliphatic carbocycles. The summed E-state index contributed by atoms with van der Waals surface area (Å²) in [5.74, 6) is 0. The van der Waals surface area contributed by atoms with Gasteiger partial charge in [0.1, 0.15) is 0 Å². The van der Waals surface area contributed by atoms with Crippen molar-refractivity contribution in [3.63, 3.8) is 0 Å². The van der Waals surface area contributed by atoms with Gasteiger partial charge in [-0.2, -0.15) is 17.0 Å². The Hall–Kier alpha value is -1.50. The first-order chi connectivity index (χ1) is 9.84. The number of fused-ring (bicyclic) bond motifs is 1. The minimum Gasteiger partial charge on any atom is -0.256 e. The van der Waals surface area contributed by atoms with Crippen molar-refractivity contribution in [2.45, 2.75) is 26.4 Å². The van der Waals surface area contributed by atoms with Gasteiger partial charge in [-0.3, -0.25) is 4.98 Å². The third kappa shape index (κ3) is 3.23. The quantitative estimate of drug-likeness (QED) is 0.851. The van der Waals surface area contributed by atoms with E-state index in [4.69, 9.17) is 0 Å². The molecule has 6 heteroatoms. The van der Waals surface area contributed by atoms with Crippen molar-refractivity contribution in [2.24, 2.45) is 0 Å². The Kier molecular flexibility index (Phi) is 4.61. The summed E-state index contributed by atoms with van der Waals surface area (Å²) in [7, 11) is -0.278. The lowest BCUT2D eigenvalue weighted by atomic mass is 10.1. The summed E-state index contributed by atoms with van der Waals surface area (Å²) >= 11 is 0. The molecule has 0 aliphatic heterocycles. The lowest BCUT2D eigenvalue weighted by Gasteiger charge is -2.27. The summed E-state index contributed by atoms with van der Waals surface area (Å²) in [5.41, 5.74) is 1.74. The highest BCUT2D eigenvalue weighted by Gasteiger charge is 2.26.